The van der Waals surface area contributed by atoms with Crippen molar-refractivity contribution in [1.29, 1.82) is 0 Å². The Kier molecular flexibility index (Phi) is 10.3. The van der Waals surface area contributed by atoms with Crippen molar-refractivity contribution in [3.8, 4) is 0 Å². The number of amides is 1. The minimum absolute atomic E-state index is 0.0158. The third kappa shape index (κ3) is 6.51. The van der Waals surface area contributed by atoms with Crippen molar-refractivity contribution in [2.45, 2.75) is 130 Å². The van der Waals surface area contributed by atoms with Gasteiger partial charge in [0.25, 0.3) is 0 Å². The topological polar surface area (TPSA) is 163 Å². The summed E-state index contributed by atoms with van der Waals surface area (Å²) in [6.45, 7) is 11.1. The standard InChI is InChI=1S/C33H57N5O4/c1-6-19(2)28(38-29(40)27(34)8-7-17-37-31(35)36)30(41)42-22-13-15-32(4)21(18-22)9-10-23-25-12-11-24(20(3)39)33(25,5)16-14-26(23)32/h19,21-28H,6-18,34H2,1-5H3,(H,38,40)(H4,35,36,37)/t19?,21-,22+,23-,24+,25-,26-,27-,28-,32-,33+/m0/s1. The number of nitrogens with zero attached hydrogens (tertiary/aromatic N) is 1. The second kappa shape index (κ2) is 13.2. The number of fused-ring (bicyclic) bond motifs is 5. The molecule has 0 aliphatic heterocycles. The fourth-order valence-corrected chi connectivity index (χ4v) is 9.81. The van der Waals surface area contributed by atoms with E-state index in [1.54, 1.807) is 6.92 Å². The quantitative estimate of drug-likeness (QED) is 0.123. The van der Waals surface area contributed by atoms with Crippen molar-refractivity contribution in [2.24, 2.45) is 68.5 Å². The highest BCUT2D eigenvalue weighted by atomic mass is 16.5. The number of nitrogens with two attached hydrogens (primary N) is 3. The molecule has 0 radical (unpaired) electrons. The molecule has 7 N–H and O–H groups in total. The highest BCUT2D eigenvalue weighted by Gasteiger charge is 2.61. The lowest BCUT2D eigenvalue weighted by Crippen LogP contribution is -2.55. The van der Waals surface area contributed by atoms with Crippen LogP contribution in [0.15, 0.2) is 4.99 Å². The molecule has 0 aromatic carbocycles. The number of rotatable bonds is 11. The van der Waals surface area contributed by atoms with Gasteiger partial charge in [-0.05, 0) is 118 Å². The van der Waals surface area contributed by atoms with Crippen LogP contribution in [0.25, 0.3) is 0 Å². The Labute approximate surface area is 252 Å². The first kappa shape index (κ1) is 32.7. The SMILES string of the molecule is CCC(C)[C@H](NC(=O)[C@@H](N)CCCN=C(N)N)C(=O)O[C@@H]1CC[C@@]2(C)[C@@H](CC[C@@H]3[C@@H]2CC[C@]2(C)[C@@H](C(C)=O)CC[C@@H]32)C1. The predicted molar refractivity (Wildman–Crippen MR) is 165 cm³/mol. The zero-order chi connectivity index (χ0) is 30.8. The maximum Gasteiger partial charge on any atom is 0.329 e. The van der Waals surface area contributed by atoms with Crippen molar-refractivity contribution in [1.82, 2.24) is 5.32 Å². The van der Waals surface area contributed by atoms with Crippen LogP contribution in [0.3, 0.4) is 0 Å². The summed E-state index contributed by atoms with van der Waals surface area (Å²) in [5, 5.41) is 2.90. The van der Waals surface area contributed by atoms with E-state index >= 15 is 0 Å². The third-order valence-electron chi connectivity index (χ3n) is 12.5. The van der Waals surface area contributed by atoms with Crippen LogP contribution in [0.4, 0.5) is 0 Å². The number of hydrogen-bond acceptors (Lipinski definition) is 6. The molecular weight excluding hydrogens is 530 g/mol. The Morgan fingerprint density at radius 2 is 1.69 bits per heavy atom. The molecule has 9 heteroatoms. The molecule has 4 aliphatic rings. The van der Waals surface area contributed by atoms with E-state index in [4.69, 9.17) is 21.9 Å². The smallest absolute Gasteiger partial charge is 0.329 e. The molecule has 4 saturated carbocycles. The molecule has 1 unspecified atom stereocenters. The average molecular weight is 588 g/mol. The Hall–Kier alpha value is -2.16. The number of carbonyl (C=O) groups is 3. The largest absolute Gasteiger partial charge is 0.461 e. The number of hydrogen-bond donors (Lipinski definition) is 4. The molecule has 42 heavy (non-hydrogen) atoms. The Morgan fingerprint density at radius 3 is 2.36 bits per heavy atom. The van der Waals surface area contributed by atoms with E-state index in [9.17, 15) is 14.4 Å². The van der Waals surface area contributed by atoms with Crippen molar-refractivity contribution >= 4 is 23.6 Å². The van der Waals surface area contributed by atoms with Gasteiger partial charge in [0.2, 0.25) is 5.91 Å². The van der Waals surface area contributed by atoms with Gasteiger partial charge in [-0.15, -0.1) is 0 Å². The minimum Gasteiger partial charge on any atom is -0.461 e. The maximum absolute atomic E-state index is 13.5. The number of carbonyl (C=O) groups excluding carboxylic acids is 3. The van der Waals surface area contributed by atoms with Gasteiger partial charge >= 0.3 is 5.97 Å². The Balaban J connectivity index is 1.35. The highest BCUT2D eigenvalue weighted by molar-refractivity contribution is 5.87. The van der Waals surface area contributed by atoms with Crippen LogP contribution in [0.2, 0.25) is 0 Å². The van der Waals surface area contributed by atoms with Crippen molar-refractivity contribution in [2.75, 3.05) is 6.54 Å². The predicted octanol–water partition coefficient (Wildman–Crippen LogP) is 4.06. The van der Waals surface area contributed by atoms with Crippen molar-refractivity contribution in [3.63, 3.8) is 0 Å². The summed E-state index contributed by atoms with van der Waals surface area (Å²) >= 11 is 0. The monoisotopic (exact) mass is 587 g/mol. The van der Waals surface area contributed by atoms with Crippen molar-refractivity contribution in [3.05, 3.63) is 0 Å². The summed E-state index contributed by atoms with van der Waals surface area (Å²) in [4.78, 5) is 42.7. The molecule has 0 bridgehead atoms. The van der Waals surface area contributed by atoms with E-state index in [0.29, 0.717) is 48.8 Å². The second-order valence-corrected chi connectivity index (χ2v) is 14.7. The first-order valence-electron chi connectivity index (χ1n) is 16.6. The van der Waals surface area contributed by atoms with Crippen LogP contribution in [0, 0.1) is 46.3 Å². The molecule has 4 fully saturated rings. The molecule has 4 aliphatic carbocycles. The molecular formula is C33H57N5O4. The van der Waals surface area contributed by atoms with Gasteiger partial charge in [0.15, 0.2) is 5.96 Å². The fraction of sp³-hybridized carbons (Fsp3) is 0.879. The lowest BCUT2D eigenvalue weighted by molar-refractivity contribution is -0.167. The molecule has 0 spiro atoms. The Bertz CT molecular complexity index is 1030. The summed E-state index contributed by atoms with van der Waals surface area (Å²) in [5.41, 5.74) is 17.3. The number of ether oxygens (including phenoxy) is 1. The zero-order valence-corrected chi connectivity index (χ0v) is 26.7. The number of esters is 1. The lowest BCUT2D eigenvalue weighted by Gasteiger charge is -2.61. The molecule has 238 valence electrons. The third-order valence-corrected chi connectivity index (χ3v) is 12.5. The van der Waals surface area contributed by atoms with Crippen LogP contribution in [-0.4, -0.2) is 48.4 Å². The van der Waals surface area contributed by atoms with Gasteiger partial charge in [-0.2, -0.15) is 0 Å². The molecule has 0 heterocycles. The van der Waals surface area contributed by atoms with Crippen LogP contribution in [0.5, 0.6) is 0 Å². The highest BCUT2D eigenvalue weighted by Crippen LogP contribution is 2.67. The minimum atomic E-state index is -0.743. The van der Waals surface area contributed by atoms with Gasteiger partial charge in [-0.25, -0.2) is 4.79 Å². The fourth-order valence-electron chi connectivity index (χ4n) is 9.81. The first-order valence-corrected chi connectivity index (χ1v) is 16.6. The van der Waals surface area contributed by atoms with Gasteiger partial charge in [-0.1, -0.05) is 34.1 Å². The molecule has 0 aromatic rings. The lowest BCUT2D eigenvalue weighted by atomic mass is 9.44. The number of guanidine groups is 1. The molecule has 0 aromatic heterocycles. The van der Waals surface area contributed by atoms with Crippen LogP contribution < -0.4 is 22.5 Å². The van der Waals surface area contributed by atoms with Crippen LogP contribution >= 0.6 is 0 Å². The van der Waals surface area contributed by atoms with E-state index < -0.39 is 12.1 Å². The second-order valence-electron chi connectivity index (χ2n) is 14.7. The zero-order valence-electron chi connectivity index (χ0n) is 26.7. The van der Waals surface area contributed by atoms with Gasteiger partial charge < -0.3 is 27.3 Å². The van der Waals surface area contributed by atoms with E-state index in [-0.39, 0.29) is 46.6 Å². The van der Waals surface area contributed by atoms with E-state index in [0.717, 1.165) is 38.5 Å². The van der Waals surface area contributed by atoms with E-state index in [2.05, 4.69) is 24.2 Å². The molecule has 11 atom stereocenters. The summed E-state index contributed by atoms with van der Waals surface area (Å²) in [7, 11) is 0. The number of aliphatic imine (C=N–C) groups is 1. The summed E-state index contributed by atoms with van der Waals surface area (Å²) in [6, 6.07) is -1.46. The summed E-state index contributed by atoms with van der Waals surface area (Å²) in [6.07, 6.45) is 11.5. The first-order chi connectivity index (χ1) is 19.8. The Morgan fingerprint density at radius 1 is 1.00 bits per heavy atom. The van der Waals surface area contributed by atoms with Gasteiger partial charge in [-0.3, -0.25) is 14.6 Å². The number of ketones is 1. The van der Waals surface area contributed by atoms with Gasteiger partial charge in [0.05, 0.1) is 6.04 Å². The number of nitrogens with one attached hydrogen (secondary N) is 1. The van der Waals surface area contributed by atoms with E-state index in [1.807, 2.05) is 13.8 Å². The summed E-state index contributed by atoms with van der Waals surface area (Å²) < 4.78 is 6.16. The molecule has 1 amide bonds. The summed E-state index contributed by atoms with van der Waals surface area (Å²) in [5.74, 6) is 2.48. The molecule has 0 saturated heterocycles. The number of Topliss-reactive ketones (excluding diaryl/α,β-unsaturated/α-hetero) is 1. The van der Waals surface area contributed by atoms with Crippen LogP contribution in [0.1, 0.15) is 112 Å². The molecule has 9 nitrogen and oxygen atoms in total. The normalized spacial score (nSPS) is 37.7. The van der Waals surface area contributed by atoms with Crippen LogP contribution in [-0.2, 0) is 19.1 Å². The van der Waals surface area contributed by atoms with Gasteiger partial charge in [0, 0.05) is 12.5 Å². The van der Waals surface area contributed by atoms with Gasteiger partial charge in [0.1, 0.15) is 17.9 Å². The van der Waals surface area contributed by atoms with Crippen molar-refractivity contribution < 1.29 is 19.1 Å². The van der Waals surface area contributed by atoms with E-state index in [1.165, 1.54) is 25.7 Å². The molecule has 4 rings (SSSR count). The average Bonchev–Trinajstić information content (AvgIpc) is 3.31. The maximum atomic E-state index is 13.5.